The van der Waals surface area contributed by atoms with E-state index < -0.39 is 17.5 Å². The number of fused-ring (bicyclic) bond motifs is 1. The highest BCUT2D eigenvalue weighted by Crippen LogP contribution is 2.33. The second-order valence-corrected chi connectivity index (χ2v) is 7.74. The van der Waals surface area contributed by atoms with E-state index in [-0.39, 0.29) is 23.1 Å². The average molecular weight is 431 g/mol. The molecule has 32 heavy (non-hydrogen) atoms. The highest BCUT2D eigenvalue weighted by molar-refractivity contribution is 6.18. The number of ether oxygens (including phenoxy) is 1. The van der Waals surface area contributed by atoms with Gasteiger partial charge in [-0.15, -0.1) is 0 Å². The maximum atomic E-state index is 14.0. The maximum Gasteiger partial charge on any atom is 0.255 e. The van der Waals surface area contributed by atoms with Gasteiger partial charge in [0.1, 0.15) is 17.1 Å². The summed E-state index contributed by atoms with van der Waals surface area (Å²) in [5, 5.41) is 3.38. The van der Waals surface area contributed by atoms with Crippen molar-refractivity contribution in [2.75, 3.05) is 5.32 Å². The van der Waals surface area contributed by atoms with Crippen LogP contribution in [0.3, 0.4) is 0 Å². The van der Waals surface area contributed by atoms with Gasteiger partial charge in [0.05, 0.1) is 11.8 Å². The van der Waals surface area contributed by atoms with Crippen molar-refractivity contribution in [1.29, 1.82) is 0 Å². The molecule has 0 spiro atoms. The third kappa shape index (κ3) is 4.25. The molecule has 0 aliphatic carbocycles. The van der Waals surface area contributed by atoms with Crippen molar-refractivity contribution in [3.05, 3.63) is 95.0 Å². The van der Waals surface area contributed by atoms with Crippen LogP contribution in [0.25, 0.3) is 11.0 Å². The third-order valence-corrected chi connectivity index (χ3v) is 4.96. The first-order chi connectivity index (χ1) is 15.3. The number of carbonyl (C=O) groups is 2. The second-order valence-electron chi connectivity index (χ2n) is 7.74. The van der Waals surface area contributed by atoms with Gasteiger partial charge in [0.15, 0.2) is 5.76 Å². The van der Waals surface area contributed by atoms with Gasteiger partial charge >= 0.3 is 0 Å². The molecule has 1 N–H and O–H groups in total. The molecule has 1 heterocycles. The van der Waals surface area contributed by atoms with Crippen molar-refractivity contribution >= 4 is 28.3 Å². The molecule has 3 aromatic carbocycles. The summed E-state index contributed by atoms with van der Waals surface area (Å²) in [5.41, 5.74) is 1.66. The summed E-state index contributed by atoms with van der Waals surface area (Å²) >= 11 is 0. The van der Waals surface area contributed by atoms with Gasteiger partial charge in [-0.05, 0) is 68.8 Å². The lowest BCUT2D eigenvalue weighted by molar-refractivity contribution is 0.101. The van der Waals surface area contributed by atoms with Crippen LogP contribution in [0.2, 0.25) is 0 Å². The van der Waals surface area contributed by atoms with E-state index in [0.717, 1.165) is 0 Å². The molecule has 1 amide bonds. The fraction of sp³-hybridized carbons (Fsp3) is 0.154. The van der Waals surface area contributed by atoms with E-state index in [4.69, 9.17) is 9.15 Å². The Balaban J connectivity index is 1.69. The monoisotopic (exact) mass is 431 g/mol. The van der Waals surface area contributed by atoms with Gasteiger partial charge in [-0.1, -0.05) is 24.3 Å². The Morgan fingerprint density at radius 1 is 0.969 bits per heavy atom. The van der Waals surface area contributed by atoms with Crippen molar-refractivity contribution in [2.24, 2.45) is 0 Å². The van der Waals surface area contributed by atoms with E-state index in [1.807, 2.05) is 13.8 Å². The lowest BCUT2D eigenvalue weighted by atomic mass is 10.0. The minimum absolute atomic E-state index is 0.0205. The van der Waals surface area contributed by atoms with E-state index in [1.165, 1.54) is 18.2 Å². The van der Waals surface area contributed by atoms with Crippen LogP contribution < -0.4 is 10.1 Å². The number of nitrogens with one attached hydrogen (secondary N) is 1. The van der Waals surface area contributed by atoms with Crippen LogP contribution in [0.15, 0.2) is 71.1 Å². The molecule has 4 rings (SSSR count). The topological polar surface area (TPSA) is 68.5 Å². The fourth-order valence-corrected chi connectivity index (χ4v) is 3.34. The van der Waals surface area contributed by atoms with Gasteiger partial charge in [-0.2, -0.15) is 0 Å². The first-order valence-corrected chi connectivity index (χ1v) is 10.2. The molecule has 0 saturated heterocycles. The van der Waals surface area contributed by atoms with Gasteiger partial charge in [0, 0.05) is 16.5 Å². The lowest BCUT2D eigenvalue weighted by Gasteiger charge is -2.10. The Hall–Kier alpha value is -3.93. The first-order valence-electron chi connectivity index (χ1n) is 10.2. The predicted octanol–water partition coefficient (Wildman–Crippen LogP) is 6.15. The smallest absolute Gasteiger partial charge is 0.255 e. The number of ketones is 1. The van der Waals surface area contributed by atoms with Crippen LogP contribution in [-0.4, -0.2) is 17.8 Å². The van der Waals surface area contributed by atoms with E-state index in [9.17, 15) is 14.0 Å². The van der Waals surface area contributed by atoms with Crippen LogP contribution in [-0.2, 0) is 0 Å². The SMILES string of the molecule is Cc1ccc(C(=O)c2oc3ccccc3c2NC(=O)c2ccc(OC(C)C)cc2)cc1F. The first kappa shape index (κ1) is 21.3. The van der Waals surface area contributed by atoms with E-state index in [0.29, 0.717) is 27.8 Å². The zero-order chi connectivity index (χ0) is 22.8. The van der Waals surface area contributed by atoms with Crippen molar-refractivity contribution in [3.63, 3.8) is 0 Å². The minimum atomic E-state index is -0.518. The maximum absolute atomic E-state index is 14.0. The summed E-state index contributed by atoms with van der Waals surface area (Å²) in [6, 6.07) is 18.0. The number of anilines is 1. The minimum Gasteiger partial charge on any atom is -0.491 e. The summed E-state index contributed by atoms with van der Waals surface area (Å²) in [5.74, 6) is -0.806. The number of aryl methyl sites for hydroxylation is 1. The number of furan rings is 1. The molecule has 6 heteroatoms. The predicted molar refractivity (Wildman–Crippen MR) is 121 cm³/mol. The van der Waals surface area contributed by atoms with Crippen molar-refractivity contribution in [2.45, 2.75) is 26.9 Å². The van der Waals surface area contributed by atoms with E-state index >= 15 is 0 Å². The molecular weight excluding hydrogens is 409 g/mol. The van der Waals surface area contributed by atoms with Crippen molar-refractivity contribution < 1.29 is 23.1 Å². The molecule has 0 unspecified atom stereocenters. The Bertz CT molecular complexity index is 1310. The molecule has 162 valence electrons. The van der Waals surface area contributed by atoms with Crippen LogP contribution in [0, 0.1) is 12.7 Å². The Morgan fingerprint density at radius 3 is 2.34 bits per heavy atom. The summed E-state index contributed by atoms with van der Waals surface area (Å²) in [6.07, 6.45) is 0.0205. The van der Waals surface area contributed by atoms with E-state index in [2.05, 4.69) is 5.32 Å². The number of para-hydroxylation sites is 1. The molecule has 0 fully saturated rings. The largest absolute Gasteiger partial charge is 0.491 e. The molecular formula is C26H22FNO4. The highest BCUT2D eigenvalue weighted by atomic mass is 19.1. The Labute approximate surface area is 184 Å². The highest BCUT2D eigenvalue weighted by Gasteiger charge is 2.24. The Kier molecular flexibility index (Phi) is 5.77. The number of amides is 1. The van der Waals surface area contributed by atoms with Gasteiger partial charge in [-0.25, -0.2) is 4.39 Å². The number of hydrogen-bond donors (Lipinski definition) is 1. The number of rotatable bonds is 6. The van der Waals surface area contributed by atoms with Gasteiger partial charge in [0.25, 0.3) is 5.91 Å². The third-order valence-electron chi connectivity index (χ3n) is 4.96. The second kappa shape index (κ2) is 8.67. The summed E-state index contributed by atoms with van der Waals surface area (Å²) in [7, 11) is 0. The van der Waals surface area contributed by atoms with E-state index in [1.54, 1.807) is 55.5 Å². The zero-order valence-corrected chi connectivity index (χ0v) is 17.9. The summed E-state index contributed by atoms with van der Waals surface area (Å²) in [4.78, 5) is 26.1. The number of benzene rings is 3. The molecule has 5 nitrogen and oxygen atoms in total. The molecule has 0 atom stereocenters. The number of halogens is 1. The van der Waals surface area contributed by atoms with Crippen LogP contribution in [0.4, 0.5) is 10.1 Å². The normalized spacial score (nSPS) is 11.0. The molecule has 0 bridgehead atoms. The zero-order valence-electron chi connectivity index (χ0n) is 17.9. The molecule has 0 saturated carbocycles. The summed E-state index contributed by atoms with van der Waals surface area (Å²) < 4.78 is 25.4. The molecule has 4 aromatic rings. The standard InChI is InChI=1S/C26H22FNO4/c1-15(2)31-19-12-10-17(11-13-19)26(30)28-23-20-6-4-5-7-22(20)32-25(23)24(29)18-9-8-16(3)21(27)14-18/h4-15H,1-3H3,(H,28,30). The van der Waals surface area contributed by atoms with Gasteiger partial charge in [-0.3, -0.25) is 9.59 Å². The molecule has 0 aliphatic rings. The van der Waals surface area contributed by atoms with Crippen LogP contribution in [0.1, 0.15) is 45.9 Å². The van der Waals surface area contributed by atoms with Crippen LogP contribution >= 0.6 is 0 Å². The lowest BCUT2D eigenvalue weighted by Crippen LogP contribution is -2.14. The van der Waals surface area contributed by atoms with Gasteiger partial charge in [0.2, 0.25) is 5.78 Å². The number of hydrogen-bond acceptors (Lipinski definition) is 4. The Morgan fingerprint density at radius 2 is 1.66 bits per heavy atom. The van der Waals surface area contributed by atoms with Crippen LogP contribution in [0.5, 0.6) is 5.75 Å². The van der Waals surface area contributed by atoms with Gasteiger partial charge < -0.3 is 14.5 Å². The molecule has 0 radical (unpaired) electrons. The van der Waals surface area contributed by atoms with Crippen molar-refractivity contribution in [3.8, 4) is 5.75 Å². The summed E-state index contributed by atoms with van der Waals surface area (Å²) in [6.45, 7) is 5.46. The number of carbonyl (C=O) groups excluding carboxylic acids is 2. The molecule has 0 aliphatic heterocycles. The average Bonchev–Trinajstić information content (AvgIpc) is 3.13. The molecule has 1 aromatic heterocycles. The fourth-order valence-electron chi connectivity index (χ4n) is 3.34. The quantitative estimate of drug-likeness (QED) is 0.372. The van der Waals surface area contributed by atoms with Crippen molar-refractivity contribution in [1.82, 2.24) is 0 Å².